The van der Waals surface area contributed by atoms with Crippen molar-refractivity contribution in [2.75, 3.05) is 0 Å². The lowest BCUT2D eigenvalue weighted by Crippen LogP contribution is -2.29. The molecule has 0 saturated heterocycles. The number of halogens is 3. The molecule has 1 aliphatic rings. The minimum absolute atomic E-state index is 0.169. The second-order valence-electron chi connectivity index (χ2n) is 5.61. The molecule has 0 atom stereocenters. The Hall–Kier alpha value is -1.23. The fourth-order valence-corrected chi connectivity index (χ4v) is 2.73. The molecule has 0 radical (unpaired) electrons. The van der Waals surface area contributed by atoms with Gasteiger partial charge in [-0.1, -0.05) is 44.2 Å². The van der Waals surface area contributed by atoms with E-state index in [1.807, 2.05) is 0 Å². The fraction of sp³-hybridized carbons (Fsp3) is 0.625. The van der Waals surface area contributed by atoms with Crippen molar-refractivity contribution in [2.45, 2.75) is 63.9 Å². The molecule has 5 heteroatoms. The molecule has 1 aliphatic carbocycles. The molecule has 118 valence electrons. The van der Waals surface area contributed by atoms with Gasteiger partial charge in [0.1, 0.15) is 5.75 Å². The summed E-state index contributed by atoms with van der Waals surface area (Å²) in [5.41, 5.74) is 0.978. The van der Waals surface area contributed by atoms with E-state index in [4.69, 9.17) is 0 Å². The van der Waals surface area contributed by atoms with Crippen LogP contribution in [0.4, 0.5) is 13.2 Å². The summed E-state index contributed by atoms with van der Waals surface area (Å²) < 4.78 is 40.1. The normalized spacial score (nSPS) is 18.0. The first kappa shape index (κ1) is 16.1. The molecule has 0 heterocycles. The van der Waals surface area contributed by atoms with Crippen LogP contribution < -0.4 is 10.1 Å². The van der Waals surface area contributed by atoms with E-state index in [9.17, 15) is 13.2 Å². The smallest absolute Gasteiger partial charge is 0.406 e. The molecular formula is C16H22F3NO. The molecule has 1 aromatic carbocycles. The van der Waals surface area contributed by atoms with Gasteiger partial charge in [0.25, 0.3) is 0 Å². The van der Waals surface area contributed by atoms with E-state index in [0.29, 0.717) is 12.6 Å². The predicted octanol–water partition coefficient (Wildman–Crippen LogP) is 4.79. The van der Waals surface area contributed by atoms with Crippen molar-refractivity contribution in [1.82, 2.24) is 5.32 Å². The second kappa shape index (κ2) is 7.69. The Morgan fingerprint density at radius 2 is 1.52 bits per heavy atom. The maximum absolute atomic E-state index is 12.1. The van der Waals surface area contributed by atoms with E-state index in [1.54, 1.807) is 12.1 Å². The summed E-state index contributed by atoms with van der Waals surface area (Å²) in [5.74, 6) is -0.169. The van der Waals surface area contributed by atoms with Crippen molar-refractivity contribution in [3.05, 3.63) is 29.8 Å². The number of hydrogen-bond acceptors (Lipinski definition) is 2. The summed E-state index contributed by atoms with van der Waals surface area (Å²) in [7, 11) is 0. The van der Waals surface area contributed by atoms with Crippen LogP contribution in [0.15, 0.2) is 24.3 Å². The zero-order chi connectivity index (χ0) is 15.1. The average molecular weight is 301 g/mol. The number of nitrogens with one attached hydrogen (secondary N) is 1. The number of alkyl halides is 3. The van der Waals surface area contributed by atoms with Crippen LogP contribution in [0, 0.1) is 0 Å². The molecule has 2 nitrogen and oxygen atoms in total. The minimum Gasteiger partial charge on any atom is -0.406 e. The average Bonchev–Trinajstić information content (AvgIpc) is 2.37. The summed E-state index contributed by atoms with van der Waals surface area (Å²) in [5, 5.41) is 3.51. The first-order valence-corrected chi connectivity index (χ1v) is 7.61. The van der Waals surface area contributed by atoms with Crippen molar-refractivity contribution < 1.29 is 17.9 Å². The third-order valence-corrected chi connectivity index (χ3v) is 3.86. The largest absolute Gasteiger partial charge is 0.573 e. The summed E-state index contributed by atoms with van der Waals surface area (Å²) in [6, 6.07) is 6.61. The molecular weight excluding hydrogens is 279 g/mol. The van der Waals surface area contributed by atoms with Gasteiger partial charge in [-0.2, -0.15) is 0 Å². The van der Waals surface area contributed by atoms with E-state index < -0.39 is 6.36 Å². The number of rotatable bonds is 4. The Kier molecular flexibility index (Phi) is 5.91. The molecule has 0 unspecified atom stereocenters. The summed E-state index contributed by atoms with van der Waals surface area (Å²) in [4.78, 5) is 0. The molecule has 21 heavy (non-hydrogen) atoms. The molecule has 0 spiro atoms. The highest BCUT2D eigenvalue weighted by atomic mass is 19.4. The van der Waals surface area contributed by atoms with Gasteiger partial charge < -0.3 is 10.1 Å². The van der Waals surface area contributed by atoms with Crippen molar-refractivity contribution in [1.29, 1.82) is 0 Å². The Bertz CT molecular complexity index is 409. The minimum atomic E-state index is -4.63. The molecule has 1 aromatic rings. The van der Waals surface area contributed by atoms with E-state index in [0.717, 1.165) is 5.56 Å². The number of ether oxygens (including phenoxy) is 1. The molecule has 1 fully saturated rings. The second-order valence-corrected chi connectivity index (χ2v) is 5.61. The zero-order valence-corrected chi connectivity index (χ0v) is 12.1. The summed E-state index contributed by atoms with van der Waals surface area (Å²) >= 11 is 0. The molecule has 0 aliphatic heterocycles. The fourth-order valence-electron chi connectivity index (χ4n) is 2.73. The third-order valence-electron chi connectivity index (χ3n) is 3.86. The van der Waals surface area contributed by atoms with Gasteiger partial charge in [-0.3, -0.25) is 0 Å². The van der Waals surface area contributed by atoms with Crippen LogP contribution in [0.25, 0.3) is 0 Å². The highest BCUT2D eigenvalue weighted by molar-refractivity contribution is 5.27. The van der Waals surface area contributed by atoms with Gasteiger partial charge in [0.2, 0.25) is 0 Å². The van der Waals surface area contributed by atoms with Crippen molar-refractivity contribution >= 4 is 0 Å². The van der Waals surface area contributed by atoms with Crippen molar-refractivity contribution in [3.8, 4) is 5.75 Å². The third kappa shape index (κ3) is 6.38. The van der Waals surface area contributed by atoms with E-state index >= 15 is 0 Å². The van der Waals surface area contributed by atoms with Gasteiger partial charge >= 0.3 is 6.36 Å². The Balaban J connectivity index is 1.79. The molecule has 0 bridgehead atoms. The SMILES string of the molecule is FC(F)(F)Oc1ccc(CNC2CCCCCCC2)cc1. The lowest BCUT2D eigenvalue weighted by atomic mass is 9.96. The van der Waals surface area contributed by atoms with Crippen LogP contribution in [0.5, 0.6) is 5.75 Å². The van der Waals surface area contributed by atoms with Crippen molar-refractivity contribution in [3.63, 3.8) is 0 Å². The van der Waals surface area contributed by atoms with Crippen LogP contribution in [0.2, 0.25) is 0 Å². The molecule has 2 rings (SSSR count). The standard InChI is InChI=1S/C16H22F3NO/c17-16(18,19)21-15-10-8-13(9-11-15)12-20-14-6-4-2-1-3-5-7-14/h8-11,14,20H,1-7,12H2. The molecule has 1 N–H and O–H groups in total. The van der Waals surface area contributed by atoms with Gasteiger partial charge in [-0.25, -0.2) is 0 Å². The quantitative estimate of drug-likeness (QED) is 0.863. The summed E-state index contributed by atoms with van der Waals surface area (Å²) in [6.45, 7) is 0.691. The monoisotopic (exact) mass is 301 g/mol. The summed E-state index contributed by atoms with van der Waals surface area (Å²) in [6.07, 6.45) is 4.23. The van der Waals surface area contributed by atoms with E-state index in [1.165, 1.54) is 57.1 Å². The lowest BCUT2D eigenvalue weighted by molar-refractivity contribution is -0.274. The van der Waals surface area contributed by atoms with Crippen LogP contribution >= 0.6 is 0 Å². The number of benzene rings is 1. The van der Waals surface area contributed by atoms with E-state index in [2.05, 4.69) is 10.1 Å². The van der Waals surface area contributed by atoms with Gasteiger partial charge in [-0.15, -0.1) is 13.2 Å². The maximum atomic E-state index is 12.1. The first-order valence-electron chi connectivity index (χ1n) is 7.61. The highest BCUT2D eigenvalue weighted by Crippen LogP contribution is 2.23. The maximum Gasteiger partial charge on any atom is 0.573 e. The Labute approximate surface area is 123 Å². The zero-order valence-electron chi connectivity index (χ0n) is 12.1. The van der Waals surface area contributed by atoms with Crippen LogP contribution in [-0.2, 0) is 6.54 Å². The van der Waals surface area contributed by atoms with Gasteiger partial charge in [-0.05, 0) is 30.5 Å². The van der Waals surface area contributed by atoms with Gasteiger partial charge in [0.05, 0.1) is 0 Å². The van der Waals surface area contributed by atoms with E-state index in [-0.39, 0.29) is 5.75 Å². The molecule has 1 saturated carbocycles. The molecule has 0 aromatic heterocycles. The molecule has 0 amide bonds. The van der Waals surface area contributed by atoms with Gasteiger partial charge in [0, 0.05) is 12.6 Å². The van der Waals surface area contributed by atoms with Crippen LogP contribution in [0.3, 0.4) is 0 Å². The Morgan fingerprint density at radius 3 is 2.10 bits per heavy atom. The first-order chi connectivity index (χ1) is 10.0. The Morgan fingerprint density at radius 1 is 0.952 bits per heavy atom. The topological polar surface area (TPSA) is 21.3 Å². The highest BCUT2D eigenvalue weighted by Gasteiger charge is 2.30. The van der Waals surface area contributed by atoms with Gasteiger partial charge in [0.15, 0.2) is 0 Å². The predicted molar refractivity (Wildman–Crippen MR) is 76.1 cm³/mol. The van der Waals surface area contributed by atoms with Crippen LogP contribution in [-0.4, -0.2) is 12.4 Å². The lowest BCUT2D eigenvalue weighted by Gasteiger charge is -2.21. The van der Waals surface area contributed by atoms with Crippen LogP contribution in [0.1, 0.15) is 50.5 Å². The van der Waals surface area contributed by atoms with Crippen molar-refractivity contribution in [2.24, 2.45) is 0 Å². The number of hydrogen-bond donors (Lipinski definition) is 1.